The van der Waals surface area contributed by atoms with Crippen molar-refractivity contribution >= 4 is 6.08 Å². The van der Waals surface area contributed by atoms with Crippen molar-refractivity contribution in [2.75, 3.05) is 0 Å². The third-order valence-electron chi connectivity index (χ3n) is 4.33. The summed E-state index contributed by atoms with van der Waals surface area (Å²) in [6.45, 7) is 7.77. The Morgan fingerprint density at radius 3 is 2.17 bits per heavy atom. The topological polar surface area (TPSA) is 3.24 Å². The molecule has 1 unspecified atom stereocenters. The molecule has 2 aromatic carbocycles. The van der Waals surface area contributed by atoms with Crippen molar-refractivity contribution in [1.82, 2.24) is 3.38 Å². The van der Waals surface area contributed by atoms with Crippen LogP contribution < -0.4 is 24.8 Å². The van der Waals surface area contributed by atoms with Crippen LogP contribution >= 0.6 is 0 Å². The fraction of sp³-hybridized carbons (Fsp3) is 0.300. The number of nitrogens with zero attached hydrogens (tertiary/aromatic N) is 1. The van der Waals surface area contributed by atoms with E-state index in [1.54, 1.807) is 0 Å². The van der Waals surface area contributed by atoms with Gasteiger partial charge in [0, 0.05) is 0 Å². The van der Waals surface area contributed by atoms with Crippen molar-refractivity contribution in [3.63, 3.8) is 0 Å². The molecule has 3 rings (SSSR count). The zero-order valence-corrected chi connectivity index (χ0v) is 17.3. The van der Waals surface area contributed by atoms with Crippen LogP contribution in [0.15, 0.2) is 54.6 Å². The Balaban J connectivity index is 0.00000144. The minimum Gasteiger partial charge on any atom is -1.00 e. The summed E-state index contributed by atoms with van der Waals surface area (Å²) < 4.78 is 2.41. The van der Waals surface area contributed by atoms with Crippen molar-refractivity contribution in [2.45, 2.75) is 38.8 Å². The Morgan fingerprint density at radius 1 is 0.917 bits per heavy atom. The molecule has 4 heteroatoms. The number of allylic oxidation sites excluding steroid dienone is 1. The van der Waals surface area contributed by atoms with Gasteiger partial charge in [0.15, 0.2) is 0 Å². The summed E-state index contributed by atoms with van der Waals surface area (Å²) in [5.74, 6) is 0.390. The van der Waals surface area contributed by atoms with E-state index in [0.717, 1.165) is 6.54 Å². The van der Waals surface area contributed by atoms with Crippen molar-refractivity contribution in [3.8, 4) is 0 Å². The standard InChI is InChI=1S/C20H22N.2ClH.Ti/c1-20(2,3)21-14-16-9-5-7-11-18(16)19-13-12-15-8-4-6-10-17(15)19;;;/h4-13,19H,14H2,1-3H3;2*1H;/q-1;;;+3/p-2. The number of halogens is 2. The van der Waals surface area contributed by atoms with Gasteiger partial charge in [-0.05, 0) is 0 Å². The third-order valence-corrected chi connectivity index (χ3v) is 5.62. The largest absolute Gasteiger partial charge is 1.00 e. The van der Waals surface area contributed by atoms with Crippen molar-refractivity contribution < 1.29 is 45.5 Å². The van der Waals surface area contributed by atoms with Crippen LogP contribution in [0.2, 0.25) is 0 Å². The molecular formula is C20H22Cl2NTi. The average molecular weight is 395 g/mol. The summed E-state index contributed by atoms with van der Waals surface area (Å²) in [6, 6.07) is 17.6. The quantitative estimate of drug-likeness (QED) is 0.598. The van der Waals surface area contributed by atoms with E-state index < -0.39 is 0 Å². The van der Waals surface area contributed by atoms with Gasteiger partial charge in [-0.25, -0.2) is 0 Å². The predicted octanol–water partition coefficient (Wildman–Crippen LogP) is -1.08. The number of rotatable bonds is 3. The SMILES string of the molecule is CC(C)(C)[N]([Ti+2])Cc1ccccc1C1C=Cc2ccccc21.[Cl-].[Cl-]. The molecular weight excluding hydrogens is 373 g/mol. The molecule has 0 spiro atoms. The van der Waals surface area contributed by atoms with Gasteiger partial charge >= 0.3 is 146 Å². The van der Waals surface area contributed by atoms with Gasteiger partial charge in [0.2, 0.25) is 0 Å². The van der Waals surface area contributed by atoms with Crippen LogP contribution in [0.25, 0.3) is 6.08 Å². The molecule has 24 heavy (non-hydrogen) atoms. The molecule has 0 N–H and O–H groups in total. The maximum atomic E-state index is 2.41. The summed E-state index contributed by atoms with van der Waals surface area (Å²) in [7, 11) is 0. The molecule has 125 valence electrons. The van der Waals surface area contributed by atoms with E-state index in [-0.39, 0.29) is 30.4 Å². The first-order chi connectivity index (χ1) is 10.5. The van der Waals surface area contributed by atoms with Gasteiger partial charge < -0.3 is 24.8 Å². The number of fused-ring (bicyclic) bond motifs is 1. The van der Waals surface area contributed by atoms with Gasteiger partial charge in [-0.15, -0.1) is 0 Å². The Labute approximate surface area is 170 Å². The molecule has 0 saturated heterocycles. The fourth-order valence-corrected chi connectivity index (χ4v) is 3.18. The molecule has 1 aliphatic rings. The second-order valence-electron chi connectivity index (χ2n) is 6.92. The first kappa shape index (κ1) is 21.5. The zero-order chi connectivity index (χ0) is 15.7. The van der Waals surface area contributed by atoms with Crippen LogP contribution in [0, 0.1) is 0 Å². The van der Waals surface area contributed by atoms with Crippen LogP contribution in [0.4, 0.5) is 0 Å². The second kappa shape index (κ2) is 8.69. The van der Waals surface area contributed by atoms with E-state index in [1.165, 1.54) is 22.3 Å². The molecule has 0 bridgehead atoms. The van der Waals surface area contributed by atoms with Gasteiger partial charge in [-0.3, -0.25) is 0 Å². The first-order valence-electron chi connectivity index (χ1n) is 7.80. The smallest absolute Gasteiger partial charge is 1.00 e. The molecule has 1 aliphatic carbocycles. The third kappa shape index (κ3) is 4.53. The molecule has 0 saturated carbocycles. The van der Waals surface area contributed by atoms with E-state index in [2.05, 4.69) is 106 Å². The van der Waals surface area contributed by atoms with Crippen LogP contribution in [0.3, 0.4) is 0 Å². The molecule has 0 aromatic heterocycles. The van der Waals surface area contributed by atoms with E-state index in [1.807, 2.05) is 0 Å². The Kier molecular flexibility index (Phi) is 7.78. The van der Waals surface area contributed by atoms with Crippen molar-refractivity contribution in [3.05, 3.63) is 76.9 Å². The summed E-state index contributed by atoms with van der Waals surface area (Å²) in [4.78, 5) is 0. The average Bonchev–Trinajstić information content (AvgIpc) is 2.91. The Bertz CT molecular complexity index is 707. The van der Waals surface area contributed by atoms with Crippen LogP contribution in [0.5, 0.6) is 0 Å². The van der Waals surface area contributed by atoms with Crippen molar-refractivity contribution in [1.29, 1.82) is 0 Å². The Morgan fingerprint density at radius 2 is 1.50 bits per heavy atom. The number of hydrogen-bond acceptors (Lipinski definition) is 1. The zero-order valence-electron chi connectivity index (χ0n) is 14.3. The first-order valence-corrected chi connectivity index (χ1v) is 8.50. The van der Waals surface area contributed by atoms with Crippen LogP contribution in [-0.2, 0) is 27.2 Å². The summed E-state index contributed by atoms with van der Waals surface area (Å²) >= 11 is 2.20. The van der Waals surface area contributed by atoms with Gasteiger partial charge in [-0.2, -0.15) is 0 Å². The monoisotopic (exact) mass is 394 g/mol. The van der Waals surface area contributed by atoms with Crippen LogP contribution in [0.1, 0.15) is 48.9 Å². The molecule has 0 radical (unpaired) electrons. The van der Waals surface area contributed by atoms with E-state index >= 15 is 0 Å². The second-order valence-corrected chi connectivity index (χ2v) is 7.76. The Hall–Kier alpha value is -0.566. The summed E-state index contributed by atoms with van der Waals surface area (Å²) in [5, 5.41) is 0. The van der Waals surface area contributed by atoms with E-state index in [0.29, 0.717) is 5.92 Å². The molecule has 0 amide bonds. The minimum absolute atomic E-state index is 0. The maximum absolute atomic E-state index is 2.41. The molecule has 1 atom stereocenters. The normalized spacial score (nSPS) is 15.7. The van der Waals surface area contributed by atoms with Gasteiger partial charge in [0.05, 0.1) is 0 Å². The van der Waals surface area contributed by atoms with Crippen LogP contribution in [-0.4, -0.2) is 8.92 Å². The molecule has 0 fully saturated rings. The van der Waals surface area contributed by atoms with Crippen molar-refractivity contribution in [2.24, 2.45) is 0 Å². The molecule has 2 aromatic rings. The van der Waals surface area contributed by atoms with Gasteiger partial charge in [0.25, 0.3) is 0 Å². The minimum atomic E-state index is 0. The van der Waals surface area contributed by atoms with E-state index in [9.17, 15) is 0 Å². The van der Waals surface area contributed by atoms with Gasteiger partial charge in [-0.1, -0.05) is 0 Å². The maximum Gasteiger partial charge on any atom is -1.00 e. The predicted molar refractivity (Wildman–Crippen MR) is 89.1 cm³/mol. The molecule has 1 nitrogen and oxygen atoms in total. The number of benzene rings is 2. The van der Waals surface area contributed by atoms with Gasteiger partial charge in [0.1, 0.15) is 0 Å². The number of hydrogen-bond donors (Lipinski definition) is 0. The van der Waals surface area contributed by atoms with E-state index in [4.69, 9.17) is 0 Å². The fourth-order valence-electron chi connectivity index (χ4n) is 2.91. The summed E-state index contributed by atoms with van der Waals surface area (Å²) in [5.41, 5.74) is 5.81. The molecule has 0 aliphatic heterocycles. The molecule has 0 heterocycles. The summed E-state index contributed by atoms with van der Waals surface area (Å²) in [6.07, 6.45) is 4.59.